The molecule has 0 heterocycles. The summed E-state index contributed by atoms with van der Waals surface area (Å²) < 4.78 is 0. The van der Waals surface area contributed by atoms with Crippen molar-refractivity contribution in [3.8, 4) is 0 Å². The first kappa shape index (κ1) is 14.6. The van der Waals surface area contributed by atoms with Crippen molar-refractivity contribution in [2.75, 3.05) is 0 Å². The third-order valence-corrected chi connectivity index (χ3v) is 4.46. The van der Waals surface area contributed by atoms with E-state index in [1.165, 1.54) is 59.1 Å². The summed E-state index contributed by atoms with van der Waals surface area (Å²) in [6.45, 7) is 7.66. The van der Waals surface area contributed by atoms with Crippen molar-refractivity contribution in [3.05, 3.63) is 83.9 Å². The van der Waals surface area contributed by atoms with E-state index in [-0.39, 0.29) is 0 Å². The minimum atomic E-state index is 1.17. The molecule has 2 aromatic rings. The zero-order valence-electron chi connectivity index (χ0n) is 13.0. The lowest BCUT2D eigenvalue weighted by molar-refractivity contribution is 0.753. The van der Waals surface area contributed by atoms with Gasteiger partial charge in [-0.15, -0.1) is 0 Å². The highest BCUT2D eigenvalue weighted by Crippen LogP contribution is 2.38. The van der Waals surface area contributed by atoms with Gasteiger partial charge >= 0.3 is 0 Å². The van der Waals surface area contributed by atoms with Crippen molar-refractivity contribution in [2.24, 2.45) is 0 Å². The third-order valence-electron chi connectivity index (χ3n) is 4.46. The van der Waals surface area contributed by atoms with Gasteiger partial charge in [-0.2, -0.15) is 0 Å². The molecule has 0 fully saturated rings. The molecule has 0 atom stereocenters. The number of allylic oxidation sites excluding steroid dienone is 2. The molecule has 22 heavy (non-hydrogen) atoms. The fourth-order valence-electron chi connectivity index (χ4n) is 3.18. The smallest absolute Gasteiger partial charge is 0.0221 e. The normalized spacial score (nSPS) is 14.7. The fourth-order valence-corrected chi connectivity index (χ4v) is 3.18. The molecule has 0 unspecified atom stereocenters. The molecule has 0 radical (unpaired) electrons. The number of hydrogen-bond acceptors (Lipinski definition) is 0. The van der Waals surface area contributed by atoms with Crippen molar-refractivity contribution in [1.29, 1.82) is 0 Å². The van der Waals surface area contributed by atoms with Crippen molar-refractivity contribution in [1.82, 2.24) is 0 Å². The average molecular weight is 286 g/mol. The van der Waals surface area contributed by atoms with E-state index < -0.39 is 0 Å². The Morgan fingerprint density at radius 2 is 0.955 bits per heavy atom. The van der Waals surface area contributed by atoms with Crippen LogP contribution in [0.4, 0.5) is 0 Å². The Morgan fingerprint density at radius 3 is 1.27 bits per heavy atom. The van der Waals surface area contributed by atoms with Crippen LogP contribution < -0.4 is 0 Å². The summed E-state index contributed by atoms with van der Waals surface area (Å²) in [5.74, 6) is 0. The molecule has 0 saturated heterocycles. The second-order valence-corrected chi connectivity index (χ2v) is 5.82. The number of benzene rings is 2. The SMILES string of the molecule is C=Cc1ccc(C2=C(c3ccc(C=C)cc3)CCCC2)cc1. The zero-order chi connectivity index (χ0) is 15.4. The quantitative estimate of drug-likeness (QED) is 0.605. The Balaban J connectivity index is 2.03. The lowest BCUT2D eigenvalue weighted by Crippen LogP contribution is -1.99. The molecule has 0 nitrogen and oxygen atoms in total. The van der Waals surface area contributed by atoms with Gasteiger partial charge in [0.1, 0.15) is 0 Å². The van der Waals surface area contributed by atoms with Gasteiger partial charge in [-0.1, -0.05) is 73.8 Å². The Kier molecular flexibility index (Phi) is 4.39. The van der Waals surface area contributed by atoms with Crippen LogP contribution in [0.15, 0.2) is 61.7 Å². The molecular weight excluding hydrogens is 264 g/mol. The minimum absolute atomic E-state index is 1.17. The zero-order valence-corrected chi connectivity index (χ0v) is 13.0. The summed E-state index contributed by atoms with van der Waals surface area (Å²) >= 11 is 0. The van der Waals surface area contributed by atoms with Gasteiger partial charge in [-0.3, -0.25) is 0 Å². The van der Waals surface area contributed by atoms with Gasteiger partial charge in [0.25, 0.3) is 0 Å². The number of hydrogen-bond donors (Lipinski definition) is 0. The maximum Gasteiger partial charge on any atom is -0.0221 e. The van der Waals surface area contributed by atoms with Gasteiger partial charge in [0, 0.05) is 0 Å². The van der Waals surface area contributed by atoms with Crippen LogP contribution in [0, 0.1) is 0 Å². The summed E-state index contributed by atoms with van der Waals surface area (Å²) in [5.41, 5.74) is 8.08. The first-order valence-electron chi connectivity index (χ1n) is 7.99. The van der Waals surface area contributed by atoms with Crippen LogP contribution in [0.25, 0.3) is 23.3 Å². The highest BCUT2D eigenvalue weighted by atomic mass is 14.2. The molecule has 0 spiro atoms. The van der Waals surface area contributed by atoms with Crippen LogP contribution in [-0.2, 0) is 0 Å². The van der Waals surface area contributed by atoms with E-state index in [9.17, 15) is 0 Å². The summed E-state index contributed by atoms with van der Waals surface area (Å²) in [7, 11) is 0. The molecule has 0 aliphatic heterocycles. The molecular formula is C22H22. The number of rotatable bonds is 4. The molecule has 110 valence electrons. The van der Waals surface area contributed by atoms with Crippen molar-refractivity contribution < 1.29 is 0 Å². The fraction of sp³-hybridized carbons (Fsp3) is 0.182. The summed E-state index contributed by atoms with van der Waals surface area (Å²) in [6.07, 6.45) is 8.71. The van der Waals surface area contributed by atoms with Crippen LogP contribution in [0.1, 0.15) is 47.9 Å². The first-order chi connectivity index (χ1) is 10.8. The molecule has 3 rings (SSSR count). The van der Waals surface area contributed by atoms with Crippen LogP contribution in [0.2, 0.25) is 0 Å². The Morgan fingerprint density at radius 1 is 0.591 bits per heavy atom. The summed E-state index contributed by atoms with van der Waals surface area (Å²) in [4.78, 5) is 0. The van der Waals surface area contributed by atoms with E-state index in [2.05, 4.69) is 61.7 Å². The predicted molar refractivity (Wildman–Crippen MR) is 98.3 cm³/mol. The van der Waals surface area contributed by atoms with E-state index in [1.54, 1.807) is 0 Å². The van der Waals surface area contributed by atoms with Gasteiger partial charge in [-0.05, 0) is 59.1 Å². The summed E-state index contributed by atoms with van der Waals surface area (Å²) in [5, 5.41) is 0. The molecule has 0 aromatic heterocycles. The third kappa shape index (κ3) is 2.96. The van der Waals surface area contributed by atoms with Gasteiger partial charge in [0.15, 0.2) is 0 Å². The Hall–Kier alpha value is -2.34. The van der Waals surface area contributed by atoms with Crippen LogP contribution in [-0.4, -0.2) is 0 Å². The molecule has 0 N–H and O–H groups in total. The highest BCUT2D eigenvalue weighted by Gasteiger charge is 2.15. The molecule has 1 aliphatic rings. The monoisotopic (exact) mass is 286 g/mol. The van der Waals surface area contributed by atoms with Gasteiger partial charge in [0.05, 0.1) is 0 Å². The molecule has 0 bridgehead atoms. The van der Waals surface area contributed by atoms with Crippen molar-refractivity contribution >= 4 is 23.3 Å². The van der Waals surface area contributed by atoms with Gasteiger partial charge < -0.3 is 0 Å². The Bertz CT molecular complexity index is 633. The van der Waals surface area contributed by atoms with Crippen molar-refractivity contribution in [2.45, 2.75) is 25.7 Å². The average Bonchev–Trinajstić information content (AvgIpc) is 2.62. The lowest BCUT2D eigenvalue weighted by Gasteiger charge is -2.21. The van der Waals surface area contributed by atoms with E-state index in [4.69, 9.17) is 0 Å². The Labute approximate surface area is 133 Å². The van der Waals surface area contributed by atoms with Crippen molar-refractivity contribution in [3.63, 3.8) is 0 Å². The first-order valence-corrected chi connectivity index (χ1v) is 7.99. The summed E-state index contributed by atoms with van der Waals surface area (Å²) in [6, 6.07) is 17.5. The molecule has 0 heteroatoms. The topological polar surface area (TPSA) is 0 Å². The van der Waals surface area contributed by atoms with Gasteiger partial charge in [-0.25, -0.2) is 0 Å². The minimum Gasteiger partial charge on any atom is -0.0985 e. The second kappa shape index (κ2) is 6.62. The lowest BCUT2D eigenvalue weighted by atomic mass is 9.83. The highest BCUT2D eigenvalue weighted by molar-refractivity contribution is 5.91. The largest absolute Gasteiger partial charge is 0.0985 e. The maximum atomic E-state index is 3.83. The second-order valence-electron chi connectivity index (χ2n) is 5.82. The molecule has 1 aliphatic carbocycles. The molecule has 2 aromatic carbocycles. The molecule has 0 amide bonds. The van der Waals surface area contributed by atoms with E-state index in [1.807, 2.05) is 12.2 Å². The van der Waals surface area contributed by atoms with E-state index in [0.717, 1.165) is 0 Å². The van der Waals surface area contributed by atoms with Crippen LogP contribution in [0.5, 0.6) is 0 Å². The standard InChI is InChI=1S/C22H22/c1-3-17-9-13-19(14-10-17)21-7-5-6-8-22(21)20-15-11-18(4-2)12-16-20/h3-4,9-16H,1-2,5-8H2. The maximum absolute atomic E-state index is 3.83. The van der Waals surface area contributed by atoms with Crippen LogP contribution >= 0.6 is 0 Å². The van der Waals surface area contributed by atoms with E-state index >= 15 is 0 Å². The van der Waals surface area contributed by atoms with Gasteiger partial charge in [0.2, 0.25) is 0 Å². The van der Waals surface area contributed by atoms with Crippen LogP contribution in [0.3, 0.4) is 0 Å². The van der Waals surface area contributed by atoms with E-state index in [0.29, 0.717) is 0 Å². The molecule has 0 saturated carbocycles. The predicted octanol–water partition coefficient (Wildman–Crippen LogP) is 6.46.